The summed E-state index contributed by atoms with van der Waals surface area (Å²) in [5.41, 5.74) is 7.00. The summed E-state index contributed by atoms with van der Waals surface area (Å²) in [7, 11) is 0. The van der Waals surface area contributed by atoms with Crippen molar-refractivity contribution in [2.24, 2.45) is 5.73 Å². The smallest absolute Gasteiger partial charge is 0.165 e. The minimum Gasteiger partial charge on any atom is -0.340 e. The molecule has 3 nitrogen and oxygen atoms in total. The van der Waals surface area contributed by atoms with E-state index in [1.54, 1.807) is 18.0 Å². The molecule has 16 heavy (non-hydrogen) atoms. The van der Waals surface area contributed by atoms with Gasteiger partial charge in [-0.1, -0.05) is 39.8 Å². The van der Waals surface area contributed by atoms with Gasteiger partial charge in [0.15, 0.2) is 5.16 Å². The maximum atomic E-state index is 5.79. The second-order valence-corrected chi connectivity index (χ2v) is 5.40. The summed E-state index contributed by atoms with van der Waals surface area (Å²) in [6, 6.07) is 8.22. The number of hydrogen-bond acceptors (Lipinski definition) is 3. The first-order valence-corrected chi connectivity index (χ1v) is 6.58. The number of benzene rings is 1. The van der Waals surface area contributed by atoms with Gasteiger partial charge in [-0.05, 0) is 17.7 Å². The molecule has 2 aromatic rings. The maximum absolute atomic E-state index is 5.79. The molecular formula is C11H12BrN3S. The topological polar surface area (TPSA) is 54.7 Å². The van der Waals surface area contributed by atoms with E-state index in [1.807, 2.05) is 18.3 Å². The highest BCUT2D eigenvalue weighted by Gasteiger charge is 2.12. The third kappa shape index (κ3) is 2.87. The van der Waals surface area contributed by atoms with E-state index < -0.39 is 0 Å². The van der Waals surface area contributed by atoms with E-state index in [9.17, 15) is 0 Å². The lowest BCUT2D eigenvalue weighted by molar-refractivity contribution is 0.926. The molecule has 0 fully saturated rings. The van der Waals surface area contributed by atoms with Gasteiger partial charge >= 0.3 is 0 Å². The Morgan fingerprint density at radius 1 is 1.38 bits per heavy atom. The van der Waals surface area contributed by atoms with E-state index in [2.05, 4.69) is 38.0 Å². The van der Waals surface area contributed by atoms with Crippen molar-refractivity contribution in [1.82, 2.24) is 9.97 Å². The molecule has 0 radical (unpaired) electrons. The summed E-state index contributed by atoms with van der Waals surface area (Å²) in [4.78, 5) is 7.26. The lowest BCUT2D eigenvalue weighted by Gasteiger charge is -2.13. The number of thioether (sulfide) groups is 1. The van der Waals surface area contributed by atoms with Crippen LogP contribution in [0.3, 0.4) is 0 Å². The molecule has 0 bridgehead atoms. The quantitative estimate of drug-likeness (QED) is 0.853. The summed E-state index contributed by atoms with van der Waals surface area (Å²) in [5, 5.41) is 1.14. The van der Waals surface area contributed by atoms with Gasteiger partial charge in [-0.2, -0.15) is 0 Å². The van der Waals surface area contributed by atoms with Crippen LogP contribution in [0.1, 0.15) is 10.8 Å². The van der Waals surface area contributed by atoms with Crippen molar-refractivity contribution >= 4 is 27.7 Å². The number of aromatic amines is 1. The van der Waals surface area contributed by atoms with Gasteiger partial charge in [-0.25, -0.2) is 4.98 Å². The number of hydrogen-bond donors (Lipinski definition) is 2. The Hall–Kier alpha value is -0.780. The Labute approximate surface area is 107 Å². The van der Waals surface area contributed by atoms with Gasteiger partial charge in [0.1, 0.15) is 0 Å². The molecule has 0 saturated heterocycles. The molecule has 0 amide bonds. The first-order chi connectivity index (χ1) is 7.79. The fourth-order valence-corrected chi connectivity index (χ4v) is 2.56. The standard InChI is InChI=1S/C11H12BrN3S/c12-9-3-1-8(2-4-9)10(7-13)16-11-14-5-6-15-11/h1-6,10H,7,13H2,(H,14,15). The summed E-state index contributed by atoms with van der Waals surface area (Å²) >= 11 is 5.07. The number of nitrogens with two attached hydrogens (primary N) is 1. The van der Waals surface area contributed by atoms with Crippen molar-refractivity contribution in [2.75, 3.05) is 6.54 Å². The second-order valence-electron chi connectivity index (χ2n) is 3.29. The Kier molecular flexibility index (Phi) is 4.04. The minimum absolute atomic E-state index is 0.235. The van der Waals surface area contributed by atoms with Crippen molar-refractivity contribution < 1.29 is 0 Å². The zero-order valence-corrected chi connectivity index (χ0v) is 11.0. The SMILES string of the molecule is NCC(Sc1ncc[nH]1)c1ccc(Br)cc1. The third-order valence-corrected chi connectivity index (χ3v) is 3.91. The van der Waals surface area contributed by atoms with Gasteiger partial charge in [0.2, 0.25) is 0 Å². The molecule has 0 saturated carbocycles. The molecule has 84 valence electrons. The number of rotatable bonds is 4. The van der Waals surface area contributed by atoms with Crippen LogP contribution in [0, 0.1) is 0 Å². The van der Waals surface area contributed by atoms with Crippen LogP contribution >= 0.6 is 27.7 Å². The summed E-state index contributed by atoms with van der Waals surface area (Å²) in [6.45, 7) is 0.590. The number of imidazole rings is 1. The number of halogens is 1. The van der Waals surface area contributed by atoms with Crippen molar-refractivity contribution in [3.05, 3.63) is 46.7 Å². The van der Waals surface area contributed by atoms with Gasteiger partial charge in [-0.15, -0.1) is 0 Å². The molecule has 1 aromatic heterocycles. The van der Waals surface area contributed by atoms with Gasteiger partial charge in [-0.3, -0.25) is 0 Å². The van der Waals surface area contributed by atoms with Gasteiger partial charge in [0.25, 0.3) is 0 Å². The number of nitrogens with one attached hydrogen (secondary N) is 1. The highest BCUT2D eigenvalue weighted by atomic mass is 79.9. The van der Waals surface area contributed by atoms with Crippen LogP contribution in [-0.2, 0) is 0 Å². The predicted molar refractivity (Wildman–Crippen MR) is 70.4 cm³/mol. The van der Waals surface area contributed by atoms with E-state index >= 15 is 0 Å². The van der Waals surface area contributed by atoms with Crippen molar-refractivity contribution in [3.8, 4) is 0 Å². The average molecular weight is 298 g/mol. The van der Waals surface area contributed by atoms with Crippen molar-refractivity contribution in [3.63, 3.8) is 0 Å². The van der Waals surface area contributed by atoms with Gasteiger partial charge < -0.3 is 10.7 Å². The Morgan fingerprint density at radius 2 is 2.12 bits per heavy atom. The summed E-state index contributed by atoms with van der Waals surface area (Å²) < 4.78 is 1.08. The normalized spacial score (nSPS) is 12.6. The van der Waals surface area contributed by atoms with Crippen LogP contribution < -0.4 is 5.73 Å². The van der Waals surface area contributed by atoms with Crippen LogP contribution in [0.15, 0.2) is 46.3 Å². The van der Waals surface area contributed by atoms with Crippen LogP contribution in [0.5, 0.6) is 0 Å². The molecule has 3 N–H and O–H groups in total. The van der Waals surface area contributed by atoms with Crippen LogP contribution in [0.4, 0.5) is 0 Å². The largest absolute Gasteiger partial charge is 0.340 e. The molecule has 0 aliphatic carbocycles. The highest BCUT2D eigenvalue weighted by molar-refractivity contribution is 9.10. The first kappa shape index (κ1) is 11.7. The molecule has 1 heterocycles. The molecule has 0 aliphatic heterocycles. The van der Waals surface area contributed by atoms with Crippen molar-refractivity contribution in [2.45, 2.75) is 10.4 Å². The third-order valence-electron chi connectivity index (χ3n) is 2.18. The van der Waals surface area contributed by atoms with E-state index in [0.717, 1.165) is 9.63 Å². The maximum Gasteiger partial charge on any atom is 0.165 e. The molecule has 1 atom stereocenters. The van der Waals surface area contributed by atoms with Crippen LogP contribution in [-0.4, -0.2) is 16.5 Å². The predicted octanol–water partition coefficient (Wildman–Crippen LogP) is 2.96. The lowest BCUT2D eigenvalue weighted by atomic mass is 10.1. The molecule has 0 aliphatic rings. The van der Waals surface area contributed by atoms with Crippen LogP contribution in [0.25, 0.3) is 0 Å². The number of H-pyrrole nitrogens is 1. The van der Waals surface area contributed by atoms with E-state index in [-0.39, 0.29) is 5.25 Å². The number of nitrogens with zero attached hydrogens (tertiary/aromatic N) is 1. The molecule has 5 heteroatoms. The highest BCUT2D eigenvalue weighted by Crippen LogP contribution is 2.32. The Bertz CT molecular complexity index is 427. The van der Waals surface area contributed by atoms with E-state index in [1.165, 1.54) is 5.56 Å². The molecule has 1 unspecified atom stereocenters. The lowest BCUT2D eigenvalue weighted by Crippen LogP contribution is -2.09. The molecule has 1 aromatic carbocycles. The van der Waals surface area contributed by atoms with Crippen molar-refractivity contribution in [1.29, 1.82) is 0 Å². The van der Waals surface area contributed by atoms with Gasteiger partial charge in [0, 0.05) is 28.7 Å². The second kappa shape index (κ2) is 5.52. The Morgan fingerprint density at radius 3 is 2.69 bits per heavy atom. The van der Waals surface area contributed by atoms with E-state index in [4.69, 9.17) is 5.73 Å². The van der Waals surface area contributed by atoms with Gasteiger partial charge in [0.05, 0.1) is 0 Å². The monoisotopic (exact) mass is 297 g/mol. The minimum atomic E-state index is 0.235. The molecule has 0 spiro atoms. The number of aromatic nitrogens is 2. The van der Waals surface area contributed by atoms with Crippen LogP contribution in [0.2, 0.25) is 0 Å². The van der Waals surface area contributed by atoms with E-state index in [0.29, 0.717) is 6.54 Å². The zero-order chi connectivity index (χ0) is 11.4. The summed E-state index contributed by atoms with van der Waals surface area (Å²) in [6.07, 6.45) is 3.56. The molecule has 2 rings (SSSR count). The molecular weight excluding hydrogens is 286 g/mol. The zero-order valence-electron chi connectivity index (χ0n) is 8.56. The average Bonchev–Trinajstić information content (AvgIpc) is 2.80. The summed E-state index contributed by atoms with van der Waals surface area (Å²) in [5.74, 6) is 0. The fraction of sp³-hybridized carbons (Fsp3) is 0.182. The fourth-order valence-electron chi connectivity index (χ4n) is 1.38. The first-order valence-electron chi connectivity index (χ1n) is 4.91. The Balaban J connectivity index is 2.13.